The average Bonchev–Trinajstić information content (AvgIpc) is 3.03. The molecule has 0 fully saturated rings. The van der Waals surface area contributed by atoms with Crippen LogP contribution >= 0.6 is 24.0 Å². The number of nitrogens with one attached hydrogen (secondary N) is 2. The first kappa shape index (κ1) is 22.4. The van der Waals surface area contributed by atoms with Crippen LogP contribution in [0.5, 0.6) is 0 Å². The van der Waals surface area contributed by atoms with Gasteiger partial charge in [0.25, 0.3) is 0 Å². The lowest BCUT2D eigenvalue weighted by Crippen LogP contribution is -2.44. The van der Waals surface area contributed by atoms with E-state index in [1.54, 1.807) is 11.0 Å². The summed E-state index contributed by atoms with van der Waals surface area (Å²) in [6.07, 6.45) is 1.55. The van der Waals surface area contributed by atoms with Crippen LogP contribution in [0.1, 0.15) is 25.2 Å². The van der Waals surface area contributed by atoms with E-state index in [0.29, 0.717) is 12.6 Å². The van der Waals surface area contributed by atoms with Crippen LogP contribution in [-0.4, -0.2) is 51.8 Å². The molecule has 0 radical (unpaired) electrons. The number of likely N-dealkylation sites (N-methyl/N-ethyl adjacent to an activating group) is 1. The number of benzene rings is 1. The van der Waals surface area contributed by atoms with Gasteiger partial charge in [-0.3, -0.25) is 9.58 Å². The molecule has 1 aromatic heterocycles. The lowest BCUT2D eigenvalue weighted by atomic mass is 10.2. The Bertz CT molecular complexity index is 657. The van der Waals surface area contributed by atoms with E-state index < -0.39 is 0 Å². The molecule has 0 aliphatic heterocycles. The molecule has 0 aliphatic rings. The summed E-state index contributed by atoms with van der Waals surface area (Å²) in [7, 11) is 4.02. The number of hydrogen-bond acceptors (Lipinski definition) is 4. The van der Waals surface area contributed by atoms with Gasteiger partial charge in [-0.25, -0.2) is 9.98 Å². The molecule has 0 spiro atoms. The van der Waals surface area contributed by atoms with Crippen molar-refractivity contribution in [3.63, 3.8) is 0 Å². The van der Waals surface area contributed by atoms with Gasteiger partial charge in [0, 0.05) is 32.7 Å². The van der Waals surface area contributed by atoms with Crippen molar-refractivity contribution in [1.82, 2.24) is 30.3 Å². The molecule has 0 aliphatic carbocycles. The molecule has 2 aromatic rings. The van der Waals surface area contributed by atoms with E-state index in [0.717, 1.165) is 31.4 Å². The number of nitrogens with zero attached hydrogens (tertiary/aromatic N) is 5. The minimum Gasteiger partial charge on any atom is -0.357 e. The molecular weight excluding hydrogens is 441 g/mol. The normalized spacial score (nSPS) is 12.6. The zero-order chi connectivity index (χ0) is 18.1. The van der Waals surface area contributed by atoms with Gasteiger partial charge in [0.1, 0.15) is 18.7 Å². The number of halogens is 1. The number of hydrogen-bond donors (Lipinski definition) is 2. The van der Waals surface area contributed by atoms with Crippen molar-refractivity contribution in [2.75, 3.05) is 20.1 Å². The van der Waals surface area contributed by atoms with Gasteiger partial charge in [0.05, 0.1) is 0 Å². The van der Waals surface area contributed by atoms with Crippen LogP contribution < -0.4 is 10.6 Å². The van der Waals surface area contributed by atoms with Gasteiger partial charge >= 0.3 is 0 Å². The van der Waals surface area contributed by atoms with E-state index >= 15 is 0 Å². The highest BCUT2D eigenvalue weighted by molar-refractivity contribution is 14.0. The number of aromatic nitrogens is 3. The molecule has 0 saturated carbocycles. The Labute approximate surface area is 173 Å². The Kier molecular flexibility index (Phi) is 10.2. The Morgan fingerprint density at radius 2 is 2.00 bits per heavy atom. The van der Waals surface area contributed by atoms with Crippen molar-refractivity contribution in [3.8, 4) is 0 Å². The second-order valence-electron chi connectivity index (χ2n) is 6.13. The lowest BCUT2D eigenvalue weighted by Gasteiger charge is -2.25. The predicted octanol–water partition coefficient (Wildman–Crippen LogP) is 2.01. The van der Waals surface area contributed by atoms with E-state index in [9.17, 15) is 0 Å². The fourth-order valence-corrected chi connectivity index (χ4v) is 2.38. The lowest BCUT2D eigenvalue weighted by molar-refractivity contribution is 0.249. The van der Waals surface area contributed by atoms with Gasteiger partial charge in [0.2, 0.25) is 0 Å². The maximum absolute atomic E-state index is 4.58. The van der Waals surface area contributed by atoms with Crippen LogP contribution in [0.4, 0.5) is 0 Å². The van der Waals surface area contributed by atoms with Crippen molar-refractivity contribution >= 4 is 29.9 Å². The van der Waals surface area contributed by atoms with E-state index in [1.807, 2.05) is 13.1 Å². The van der Waals surface area contributed by atoms with E-state index in [-0.39, 0.29) is 24.0 Å². The van der Waals surface area contributed by atoms with Crippen molar-refractivity contribution < 1.29 is 0 Å². The van der Waals surface area contributed by atoms with Crippen molar-refractivity contribution in [1.29, 1.82) is 0 Å². The summed E-state index contributed by atoms with van der Waals surface area (Å²) in [5.74, 6) is 1.64. The monoisotopic (exact) mass is 471 g/mol. The maximum Gasteiger partial charge on any atom is 0.191 e. The van der Waals surface area contributed by atoms with Crippen molar-refractivity contribution in [2.45, 2.75) is 33.0 Å². The summed E-state index contributed by atoms with van der Waals surface area (Å²) >= 11 is 0. The van der Waals surface area contributed by atoms with Crippen LogP contribution in [0, 0.1) is 0 Å². The quantitative estimate of drug-likeness (QED) is 0.350. The first-order valence-electron chi connectivity index (χ1n) is 8.69. The van der Waals surface area contributed by atoms with Gasteiger partial charge < -0.3 is 10.6 Å². The Morgan fingerprint density at radius 3 is 2.62 bits per heavy atom. The third-order valence-corrected chi connectivity index (χ3v) is 4.12. The second-order valence-corrected chi connectivity index (χ2v) is 6.13. The Balaban J connectivity index is 0.00000338. The molecule has 0 amide bonds. The fraction of sp³-hybridized carbons (Fsp3) is 0.500. The molecule has 7 nitrogen and oxygen atoms in total. The molecule has 26 heavy (non-hydrogen) atoms. The second kappa shape index (κ2) is 11.8. The highest BCUT2D eigenvalue weighted by Crippen LogP contribution is 2.05. The van der Waals surface area contributed by atoms with Crippen molar-refractivity contribution in [2.24, 2.45) is 12.0 Å². The van der Waals surface area contributed by atoms with E-state index in [2.05, 4.69) is 75.8 Å². The molecule has 2 N–H and O–H groups in total. The molecule has 144 valence electrons. The number of aryl methyl sites for hydroxylation is 1. The minimum absolute atomic E-state index is 0. The molecular formula is C18H30IN7. The highest BCUT2D eigenvalue weighted by atomic mass is 127. The summed E-state index contributed by atoms with van der Waals surface area (Å²) in [6.45, 7) is 7.33. The van der Waals surface area contributed by atoms with Crippen LogP contribution in [0.3, 0.4) is 0 Å². The highest BCUT2D eigenvalue weighted by Gasteiger charge is 2.10. The molecule has 8 heteroatoms. The first-order valence-corrected chi connectivity index (χ1v) is 8.69. The Morgan fingerprint density at radius 1 is 1.27 bits per heavy atom. The van der Waals surface area contributed by atoms with Gasteiger partial charge in [-0.1, -0.05) is 30.3 Å². The fourth-order valence-electron chi connectivity index (χ4n) is 2.38. The van der Waals surface area contributed by atoms with Crippen LogP contribution in [0.25, 0.3) is 0 Å². The summed E-state index contributed by atoms with van der Waals surface area (Å²) in [4.78, 5) is 11.1. The molecule has 0 bridgehead atoms. The maximum atomic E-state index is 4.58. The summed E-state index contributed by atoms with van der Waals surface area (Å²) in [5, 5.41) is 10.7. The Hall–Kier alpha value is -1.68. The molecule has 1 unspecified atom stereocenters. The molecule has 1 atom stereocenters. The molecule has 0 saturated heterocycles. The molecule has 1 aromatic carbocycles. The third-order valence-electron chi connectivity index (χ3n) is 4.12. The molecule has 2 rings (SSSR count). The van der Waals surface area contributed by atoms with Gasteiger partial charge in [-0.2, -0.15) is 5.10 Å². The number of rotatable bonds is 8. The van der Waals surface area contributed by atoms with Crippen LogP contribution in [0.15, 0.2) is 41.7 Å². The standard InChI is InChI=1S/C18H29N7.HI/c1-5-19-18(21-12-17-22-14-23-25(17)4)20-11-15(2)24(3)13-16-9-7-6-8-10-16;/h6-10,14-15H,5,11-13H2,1-4H3,(H2,19,20,21);1H. The van der Waals surface area contributed by atoms with Crippen LogP contribution in [0.2, 0.25) is 0 Å². The van der Waals surface area contributed by atoms with E-state index in [4.69, 9.17) is 0 Å². The van der Waals surface area contributed by atoms with Gasteiger partial charge in [0.15, 0.2) is 5.96 Å². The van der Waals surface area contributed by atoms with Crippen LogP contribution in [-0.2, 0) is 20.1 Å². The smallest absolute Gasteiger partial charge is 0.191 e. The predicted molar refractivity (Wildman–Crippen MR) is 117 cm³/mol. The zero-order valence-corrected chi connectivity index (χ0v) is 18.3. The topological polar surface area (TPSA) is 70.4 Å². The average molecular weight is 471 g/mol. The summed E-state index contributed by atoms with van der Waals surface area (Å²) in [6, 6.07) is 10.9. The zero-order valence-electron chi connectivity index (χ0n) is 16.0. The molecule has 1 heterocycles. The first-order chi connectivity index (χ1) is 12.1. The SMILES string of the molecule is CCNC(=NCc1ncnn1C)NCC(C)N(C)Cc1ccccc1.I. The van der Waals surface area contributed by atoms with Gasteiger partial charge in [-0.05, 0) is 26.5 Å². The van der Waals surface area contributed by atoms with E-state index in [1.165, 1.54) is 5.56 Å². The largest absolute Gasteiger partial charge is 0.357 e. The summed E-state index contributed by atoms with van der Waals surface area (Å²) in [5.41, 5.74) is 1.32. The minimum atomic E-state index is 0. The van der Waals surface area contributed by atoms with Gasteiger partial charge in [-0.15, -0.1) is 24.0 Å². The number of aliphatic imine (C=N–C) groups is 1. The summed E-state index contributed by atoms with van der Waals surface area (Å²) < 4.78 is 1.74. The van der Waals surface area contributed by atoms with Crippen molar-refractivity contribution in [3.05, 3.63) is 48.0 Å². The number of guanidine groups is 1. The third kappa shape index (κ3) is 7.28.